The summed E-state index contributed by atoms with van der Waals surface area (Å²) in [5, 5.41) is 2.17. The third-order valence-electron chi connectivity index (χ3n) is 3.67. The molecule has 2 heterocycles. The maximum atomic E-state index is 13.6. The molecule has 1 saturated heterocycles. The zero-order chi connectivity index (χ0) is 15.3. The molecule has 110 valence electrons. The Morgan fingerprint density at radius 1 is 1.29 bits per heavy atom. The predicted octanol–water partition coefficient (Wildman–Crippen LogP) is 1.33. The van der Waals surface area contributed by atoms with Crippen molar-refractivity contribution in [2.45, 2.75) is 25.4 Å². The van der Waals surface area contributed by atoms with E-state index in [1.807, 2.05) is 0 Å². The number of hydrogen-bond donors (Lipinski definition) is 1. The second kappa shape index (κ2) is 5.00. The summed E-state index contributed by atoms with van der Waals surface area (Å²) in [4.78, 5) is 36.5. The van der Waals surface area contributed by atoms with Gasteiger partial charge in [-0.3, -0.25) is 19.7 Å². The molecule has 0 bridgehead atoms. The number of hydrogen-bond acceptors (Lipinski definition) is 3. The molecule has 1 atom stereocenters. The molecule has 21 heavy (non-hydrogen) atoms. The highest BCUT2D eigenvalue weighted by Crippen LogP contribution is 2.32. The van der Waals surface area contributed by atoms with Crippen molar-refractivity contribution in [3.8, 4) is 0 Å². The summed E-state index contributed by atoms with van der Waals surface area (Å²) in [5.74, 6) is -3.53. The summed E-state index contributed by atoms with van der Waals surface area (Å²) in [7, 11) is 0. The minimum absolute atomic E-state index is 0.0376. The lowest BCUT2D eigenvalue weighted by Crippen LogP contribution is -2.52. The van der Waals surface area contributed by atoms with E-state index in [0.29, 0.717) is 5.56 Å². The van der Waals surface area contributed by atoms with Crippen LogP contribution in [-0.2, 0) is 16.1 Å². The maximum absolute atomic E-state index is 13.6. The van der Waals surface area contributed by atoms with Crippen molar-refractivity contribution in [2.75, 3.05) is 0 Å². The molecule has 0 aromatic heterocycles. The van der Waals surface area contributed by atoms with Gasteiger partial charge in [0.1, 0.15) is 6.04 Å². The number of amides is 3. The summed E-state index contributed by atoms with van der Waals surface area (Å²) in [6.45, 7) is 0.0376. The van der Waals surface area contributed by atoms with Gasteiger partial charge in [0.25, 0.3) is 5.91 Å². The van der Waals surface area contributed by atoms with Crippen molar-refractivity contribution in [1.29, 1.82) is 0 Å². The van der Waals surface area contributed by atoms with Gasteiger partial charge in [0, 0.05) is 24.1 Å². The van der Waals surface area contributed by atoms with Gasteiger partial charge in [-0.2, -0.15) is 0 Å². The Hall–Kier alpha value is -1.58. The Balaban J connectivity index is 1.96. The smallest absolute Gasteiger partial charge is 0.255 e. The first-order valence-electron chi connectivity index (χ1n) is 6.21. The fourth-order valence-corrected chi connectivity index (χ4v) is 3.32. The van der Waals surface area contributed by atoms with E-state index in [-0.39, 0.29) is 34.4 Å². The fraction of sp³-hybridized carbons (Fsp3) is 0.308. The van der Waals surface area contributed by atoms with Crippen LogP contribution in [0.15, 0.2) is 6.07 Å². The van der Waals surface area contributed by atoms with E-state index in [1.165, 1.54) is 4.90 Å². The Kier molecular flexibility index (Phi) is 3.42. The lowest BCUT2D eigenvalue weighted by molar-refractivity contribution is -0.136. The van der Waals surface area contributed by atoms with Crippen LogP contribution in [0.2, 0.25) is 0 Å². The monoisotopic (exact) mass is 406 g/mol. The topological polar surface area (TPSA) is 66.5 Å². The Bertz CT molecular complexity index is 692. The second-order valence-corrected chi connectivity index (χ2v) is 5.99. The van der Waals surface area contributed by atoms with Crippen molar-refractivity contribution < 1.29 is 23.2 Å². The summed E-state index contributed by atoms with van der Waals surface area (Å²) < 4.78 is 27.1. The average molecular weight is 406 g/mol. The molecule has 0 radical (unpaired) electrons. The van der Waals surface area contributed by atoms with E-state index in [9.17, 15) is 23.2 Å². The Morgan fingerprint density at radius 3 is 2.67 bits per heavy atom. The summed E-state index contributed by atoms with van der Waals surface area (Å²) in [5.41, 5.74) is 0.451. The van der Waals surface area contributed by atoms with Crippen molar-refractivity contribution >= 4 is 40.3 Å². The van der Waals surface area contributed by atoms with Gasteiger partial charge in [-0.15, -0.1) is 0 Å². The minimum Gasteiger partial charge on any atom is -0.322 e. The van der Waals surface area contributed by atoms with E-state index >= 15 is 0 Å². The number of piperidine rings is 1. The highest BCUT2D eigenvalue weighted by Gasteiger charge is 2.40. The van der Waals surface area contributed by atoms with Crippen LogP contribution < -0.4 is 5.32 Å². The molecule has 2 aliphatic rings. The number of halogens is 3. The van der Waals surface area contributed by atoms with Gasteiger partial charge < -0.3 is 4.90 Å². The summed E-state index contributed by atoms with van der Waals surface area (Å²) >= 11 is 1.65. The SMILES string of the molecule is O=C1CC[C@H](N2Cc3c(cc(F)c(F)c3I)C2=O)C(=O)N1. The quantitative estimate of drug-likeness (QED) is 0.435. The van der Waals surface area contributed by atoms with E-state index in [4.69, 9.17) is 0 Å². The zero-order valence-corrected chi connectivity index (χ0v) is 12.7. The van der Waals surface area contributed by atoms with Crippen LogP contribution in [0.1, 0.15) is 28.8 Å². The molecule has 0 saturated carbocycles. The molecule has 0 spiro atoms. The van der Waals surface area contributed by atoms with Crippen molar-refractivity contribution in [3.05, 3.63) is 32.4 Å². The standard InChI is InChI=1S/C13H9F2IN2O3/c14-7-3-5-6(11(16)10(7)15)4-18(13(5)21)8-1-2-9(19)17-12(8)20/h3,8H,1-2,4H2,(H,17,19,20)/t8-/m0/s1. The molecule has 0 unspecified atom stereocenters. The number of nitrogens with one attached hydrogen (secondary N) is 1. The van der Waals surface area contributed by atoms with Crippen molar-refractivity contribution in [3.63, 3.8) is 0 Å². The third-order valence-corrected chi connectivity index (χ3v) is 4.79. The van der Waals surface area contributed by atoms with E-state index in [2.05, 4.69) is 5.32 Å². The van der Waals surface area contributed by atoms with E-state index < -0.39 is 29.5 Å². The van der Waals surface area contributed by atoms with E-state index in [0.717, 1.165) is 6.07 Å². The van der Waals surface area contributed by atoms with Crippen LogP contribution in [0.5, 0.6) is 0 Å². The summed E-state index contributed by atoms with van der Waals surface area (Å²) in [6, 6.07) is 0.0747. The molecular formula is C13H9F2IN2O3. The lowest BCUT2D eigenvalue weighted by atomic mass is 10.0. The molecule has 1 aromatic rings. The van der Waals surface area contributed by atoms with Gasteiger partial charge >= 0.3 is 0 Å². The van der Waals surface area contributed by atoms with Crippen LogP contribution in [0.3, 0.4) is 0 Å². The van der Waals surface area contributed by atoms with Gasteiger partial charge in [0.2, 0.25) is 11.8 Å². The number of fused-ring (bicyclic) bond motifs is 1. The van der Waals surface area contributed by atoms with Gasteiger partial charge in [-0.1, -0.05) is 0 Å². The molecule has 3 amide bonds. The van der Waals surface area contributed by atoms with Crippen LogP contribution >= 0.6 is 22.6 Å². The van der Waals surface area contributed by atoms with Crippen molar-refractivity contribution in [2.24, 2.45) is 0 Å². The normalized spacial score (nSPS) is 21.6. The molecule has 2 aliphatic heterocycles. The highest BCUT2D eigenvalue weighted by atomic mass is 127. The van der Waals surface area contributed by atoms with Gasteiger partial charge in [0.05, 0.1) is 3.57 Å². The second-order valence-electron chi connectivity index (χ2n) is 4.91. The fourth-order valence-electron chi connectivity index (χ4n) is 2.61. The number of carbonyl (C=O) groups is 3. The van der Waals surface area contributed by atoms with Gasteiger partial charge in [0.15, 0.2) is 11.6 Å². The highest BCUT2D eigenvalue weighted by molar-refractivity contribution is 14.1. The Morgan fingerprint density at radius 2 is 2.00 bits per heavy atom. The minimum atomic E-state index is -1.09. The zero-order valence-electron chi connectivity index (χ0n) is 10.6. The molecule has 1 fully saturated rings. The lowest BCUT2D eigenvalue weighted by Gasteiger charge is -2.29. The summed E-state index contributed by atoms with van der Waals surface area (Å²) in [6.07, 6.45) is 0.349. The molecule has 5 nitrogen and oxygen atoms in total. The van der Waals surface area contributed by atoms with Crippen molar-refractivity contribution in [1.82, 2.24) is 10.2 Å². The molecule has 1 aromatic carbocycles. The maximum Gasteiger partial charge on any atom is 0.255 e. The van der Waals surface area contributed by atoms with E-state index in [1.54, 1.807) is 22.6 Å². The van der Waals surface area contributed by atoms with Gasteiger partial charge in [-0.05, 0) is 35.1 Å². The molecule has 3 rings (SSSR count). The van der Waals surface area contributed by atoms with Crippen LogP contribution in [0.25, 0.3) is 0 Å². The first-order chi connectivity index (χ1) is 9.90. The van der Waals surface area contributed by atoms with Crippen LogP contribution in [-0.4, -0.2) is 28.7 Å². The molecular weight excluding hydrogens is 397 g/mol. The van der Waals surface area contributed by atoms with Crippen LogP contribution in [0, 0.1) is 15.2 Å². The average Bonchev–Trinajstić information content (AvgIpc) is 2.74. The molecule has 0 aliphatic carbocycles. The largest absolute Gasteiger partial charge is 0.322 e. The van der Waals surface area contributed by atoms with Gasteiger partial charge in [-0.25, -0.2) is 8.78 Å². The third kappa shape index (κ3) is 2.21. The first-order valence-corrected chi connectivity index (χ1v) is 7.29. The molecule has 1 N–H and O–H groups in total. The number of nitrogens with zero attached hydrogens (tertiary/aromatic N) is 1. The molecule has 8 heteroatoms. The number of imide groups is 1. The Labute approximate surface area is 131 Å². The predicted molar refractivity (Wildman–Crippen MR) is 75.1 cm³/mol. The number of carbonyl (C=O) groups excluding carboxylic acids is 3. The first kappa shape index (κ1) is 14.4. The van der Waals surface area contributed by atoms with Crippen LogP contribution in [0.4, 0.5) is 8.78 Å². The number of benzene rings is 1. The number of rotatable bonds is 1.